The fourth-order valence-electron chi connectivity index (χ4n) is 3.73. The third-order valence-electron chi connectivity index (χ3n) is 5.26. The van der Waals surface area contributed by atoms with Crippen LogP contribution >= 0.6 is 11.6 Å². The third kappa shape index (κ3) is 3.93. The third-order valence-corrected chi connectivity index (χ3v) is 5.51. The Bertz CT molecular complexity index is 875. The topological polar surface area (TPSA) is 27.3 Å². The van der Waals surface area contributed by atoms with Crippen LogP contribution in [0, 0.1) is 0 Å². The smallest absolute Gasteiger partial charge is 0.107 e. The summed E-state index contributed by atoms with van der Waals surface area (Å²) in [6, 6.07) is 16.3. The van der Waals surface area contributed by atoms with Gasteiger partial charge in [-0.05, 0) is 43.3 Å². The summed E-state index contributed by atoms with van der Waals surface area (Å²) >= 11 is 6.06. The second-order valence-electron chi connectivity index (χ2n) is 7.07. The summed E-state index contributed by atoms with van der Waals surface area (Å²) in [6.45, 7) is 0.737. The molecule has 1 aliphatic carbocycles. The second-order valence-corrected chi connectivity index (χ2v) is 7.51. The van der Waals surface area contributed by atoms with E-state index in [9.17, 15) is 4.39 Å². The number of allylic oxidation sites excluding steroid dienone is 3. The first-order chi connectivity index (χ1) is 13.1. The van der Waals surface area contributed by atoms with Crippen LogP contribution in [0.3, 0.4) is 0 Å². The zero-order valence-corrected chi connectivity index (χ0v) is 16.0. The predicted octanol–water partition coefficient (Wildman–Crippen LogP) is 5.56. The Hall–Kier alpha value is -2.14. The molecule has 1 aliphatic heterocycles. The highest BCUT2D eigenvalue weighted by Crippen LogP contribution is 2.38. The van der Waals surface area contributed by atoms with E-state index in [4.69, 9.17) is 11.6 Å². The summed E-state index contributed by atoms with van der Waals surface area (Å²) in [5.74, 6) is -0.0362. The molecule has 0 amide bonds. The molecule has 0 saturated carbocycles. The molecule has 1 heterocycles. The van der Waals surface area contributed by atoms with Crippen LogP contribution in [0.25, 0.3) is 0 Å². The molecule has 2 atom stereocenters. The van der Waals surface area contributed by atoms with Crippen molar-refractivity contribution < 1.29 is 4.39 Å². The molecule has 0 aromatic heterocycles. The molecular weight excluding hydrogens is 361 g/mol. The first-order valence-electron chi connectivity index (χ1n) is 9.22. The Labute approximate surface area is 164 Å². The van der Waals surface area contributed by atoms with Gasteiger partial charge < -0.3 is 5.32 Å². The van der Waals surface area contributed by atoms with E-state index in [1.807, 2.05) is 24.3 Å². The molecule has 0 fully saturated rings. The Balaban J connectivity index is 1.59. The van der Waals surface area contributed by atoms with Gasteiger partial charge in [-0.2, -0.15) is 0 Å². The van der Waals surface area contributed by atoms with Crippen molar-refractivity contribution in [1.82, 2.24) is 10.2 Å². The van der Waals surface area contributed by atoms with Crippen LogP contribution in [0.5, 0.6) is 0 Å². The quantitative estimate of drug-likeness (QED) is 0.723. The van der Waals surface area contributed by atoms with Gasteiger partial charge in [-0.15, -0.1) is 0 Å². The molecule has 27 heavy (non-hydrogen) atoms. The average Bonchev–Trinajstić information content (AvgIpc) is 2.69. The van der Waals surface area contributed by atoms with Gasteiger partial charge in [0.05, 0.1) is 6.17 Å². The van der Waals surface area contributed by atoms with E-state index in [0.29, 0.717) is 6.42 Å². The zero-order valence-electron chi connectivity index (χ0n) is 15.3. The van der Waals surface area contributed by atoms with Crippen molar-refractivity contribution in [2.24, 2.45) is 0 Å². The van der Waals surface area contributed by atoms with Gasteiger partial charge >= 0.3 is 0 Å². The van der Waals surface area contributed by atoms with Crippen molar-refractivity contribution in [1.29, 1.82) is 0 Å². The van der Waals surface area contributed by atoms with Gasteiger partial charge in [0, 0.05) is 29.2 Å². The van der Waals surface area contributed by atoms with Crippen molar-refractivity contribution in [3.05, 3.63) is 88.2 Å². The first-order valence-corrected chi connectivity index (χ1v) is 9.60. The highest BCUT2D eigenvalue weighted by atomic mass is 35.5. The van der Waals surface area contributed by atoms with E-state index >= 15 is 0 Å². The van der Waals surface area contributed by atoms with Crippen LogP contribution < -0.4 is 10.6 Å². The fourth-order valence-corrected chi connectivity index (χ4v) is 3.86. The molecular formula is C22H23ClFN3. The Morgan fingerprint density at radius 1 is 1.11 bits per heavy atom. The number of fused-ring (bicyclic) bond motifs is 1. The minimum absolute atomic E-state index is 0.0346. The highest BCUT2D eigenvalue weighted by molar-refractivity contribution is 6.30. The highest BCUT2D eigenvalue weighted by Gasteiger charge is 2.32. The lowest BCUT2D eigenvalue weighted by Crippen LogP contribution is -2.45. The van der Waals surface area contributed by atoms with Crippen molar-refractivity contribution in [3.8, 4) is 0 Å². The lowest BCUT2D eigenvalue weighted by molar-refractivity contribution is 0.153. The van der Waals surface area contributed by atoms with Gasteiger partial charge in [-0.25, -0.2) is 4.39 Å². The second kappa shape index (κ2) is 7.85. The average molecular weight is 384 g/mol. The molecule has 140 valence electrons. The van der Waals surface area contributed by atoms with Gasteiger partial charge in [-0.3, -0.25) is 10.2 Å². The van der Waals surface area contributed by atoms with Crippen molar-refractivity contribution in [2.75, 3.05) is 18.9 Å². The summed E-state index contributed by atoms with van der Waals surface area (Å²) < 4.78 is 13.2. The van der Waals surface area contributed by atoms with Gasteiger partial charge in [-0.1, -0.05) is 53.6 Å². The lowest BCUT2D eigenvalue weighted by atomic mass is 10.0. The molecule has 2 N–H and O–H groups in total. The Morgan fingerprint density at radius 2 is 1.89 bits per heavy atom. The fraction of sp³-hybridized carbons (Fsp3) is 0.273. The van der Waals surface area contributed by atoms with Crippen LogP contribution in [-0.4, -0.2) is 18.5 Å². The Morgan fingerprint density at radius 3 is 2.63 bits per heavy atom. The van der Waals surface area contributed by atoms with Crippen molar-refractivity contribution >= 4 is 17.3 Å². The van der Waals surface area contributed by atoms with Gasteiger partial charge in [0.25, 0.3) is 0 Å². The number of nitrogens with zero attached hydrogens (tertiary/aromatic N) is 1. The molecule has 2 aromatic rings. The number of hydrogen-bond donors (Lipinski definition) is 2. The molecule has 2 aliphatic rings. The van der Waals surface area contributed by atoms with Crippen LogP contribution in [0.1, 0.15) is 36.3 Å². The predicted molar refractivity (Wildman–Crippen MR) is 109 cm³/mol. The molecule has 0 radical (unpaired) electrons. The van der Waals surface area contributed by atoms with Gasteiger partial charge in [0.1, 0.15) is 12.0 Å². The van der Waals surface area contributed by atoms with E-state index in [0.717, 1.165) is 29.2 Å². The van der Waals surface area contributed by atoms with E-state index in [-0.39, 0.29) is 18.2 Å². The first kappa shape index (κ1) is 18.2. The summed E-state index contributed by atoms with van der Waals surface area (Å²) in [5, 5.41) is 8.02. The van der Waals surface area contributed by atoms with Crippen LogP contribution in [0.15, 0.2) is 72.1 Å². The number of anilines is 1. The molecule has 3 nitrogen and oxygen atoms in total. The number of benzene rings is 2. The van der Waals surface area contributed by atoms with Crippen LogP contribution in [-0.2, 0) is 0 Å². The molecule has 4 rings (SSSR count). The number of para-hydroxylation sites is 1. The number of halogens is 2. The maximum absolute atomic E-state index is 13.2. The number of rotatable bonds is 4. The molecule has 5 heteroatoms. The van der Waals surface area contributed by atoms with Gasteiger partial charge in [0.2, 0.25) is 0 Å². The summed E-state index contributed by atoms with van der Waals surface area (Å²) in [7, 11) is 2.11. The number of nitrogens with one attached hydrogen (secondary N) is 2. The molecule has 0 saturated heterocycles. The maximum atomic E-state index is 13.2. The summed E-state index contributed by atoms with van der Waals surface area (Å²) in [6.07, 6.45) is 4.84. The monoisotopic (exact) mass is 383 g/mol. The van der Waals surface area contributed by atoms with Crippen LogP contribution in [0.4, 0.5) is 10.1 Å². The van der Waals surface area contributed by atoms with E-state index in [2.05, 4.69) is 52.9 Å². The van der Waals surface area contributed by atoms with E-state index in [1.54, 1.807) is 6.08 Å². The van der Waals surface area contributed by atoms with E-state index in [1.165, 1.54) is 11.1 Å². The molecule has 2 aromatic carbocycles. The van der Waals surface area contributed by atoms with Gasteiger partial charge in [0.15, 0.2) is 0 Å². The SMILES string of the molecule is CN1C(c2ccc(Cl)cc2)Nc2ccccc2C1NCC1=CC=C(F)CC1. The lowest BCUT2D eigenvalue weighted by Gasteiger charge is -2.42. The Kier molecular flexibility index (Phi) is 5.30. The van der Waals surface area contributed by atoms with Crippen LogP contribution in [0.2, 0.25) is 5.02 Å². The van der Waals surface area contributed by atoms with E-state index < -0.39 is 0 Å². The maximum Gasteiger partial charge on any atom is 0.107 e. The zero-order chi connectivity index (χ0) is 18.8. The number of hydrogen-bond acceptors (Lipinski definition) is 3. The standard InChI is InChI=1S/C22H23ClFN3/c1-27-21(16-8-10-17(23)11-9-16)26-20-5-3-2-4-19(20)22(27)25-14-15-6-12-18(24)13-7-15/h2-6,8-12,21-22,25-26H,7,13-14H2,1H3. The molecule has 0 bridgehead atoms. The normalized spacial score (nSPS) is 22.5. The summed E-state index contributed by atoms with van der Waals surface area (Å²) in [4.78, 5) is 2.28. The minimum Gasteiger partial charge on any atom is -0.365 e. The molecule has 2 unspecified atom stereocenters. The minimum atomic E-state index is -0.0362. The van der Waals surface area contributed by atoms with Crippen molar-refractivity contribution in [2.45, 2.75) is 25.2 Å². The van der Waals surface area contributed by atoms with Crippen molar-refractivity contribution in [3.63, 3.8) is 0 Å². The molecule has 0 spiro atoms. The largest absolute Gasteiger partial charge is 0.365 e. The summed E-state index contributed by atoms with van der Waals surface area (Å²) in [5.41, 5.74) is 4.72.